The molecule has 6 aliphatic rings. The number of fused-ring (bicyclic) bond motifs is 5. The van der Waals surface area contributed by atoms with Crippen molar-refractivity contribution >= 4 is 45.4 Å². The molecular formula is C56H72FN9O8. The number of aryl methyl sites for hydroxylation is 1. The van der Waals surface area contributed by atoms with E-state index in [-0.39, 0.29) is 59.1 Å². The number of aliphatic carboxylic acids is 1. The molecule has 5 atom stereocenters. The minimum Gasteiger partial charge on any atom is -0.481 e. The van der Waals surface area contributed by atoms with Gasteiger partial charge in [-0.2, -0.15) is 9.97 Å². The molecule has 0 saturated carbocycles. The van der Waals surface area contributed by atoms with E-state index >= 15 is 4.39 Å². The number of pyridine rings is 1. The van der Waals surface area contributed by atoms with Crippen LogP contribution in [-0.4, -0.2) is 154 Å². The van der Waals surface area contributed by atoms with Gasteiger partial charge in [-0.05, 0) is 133 Å². The van der Waals surface area contributed by atoms with Crippen molar-refractivity contribution in [3.63, 3.8) is 0 Å². The first-order valence-corrected chi connectivity index (χ1v) is 26.9. The van der Waals surface area contributed by atoms with E-state index in [1.807, 2.05) is 69.9 Å². The number of ether oxygens (including phenoxy) is 4. The average Bonchev–Trinajstić information content (AvgIpc) is 4.15. The number of amides is 1. The summed E-state index contributed by atoms with van der Waals surface area (Å²) in [6.45, 7) is 18.8. The molecule has 2 aromatic carbocycles. The summed E-state index contributed by atoms with van der Waals surface area (Å²) in [5, 5.41) is 16.3. The van der Waals surface area contributed by atoms with Crippen molar-refractivity contribution in [3.05, 3.63) is 59.7 Å². The maximum absolute atomic E-state index is 17.8. The number of aromatic nitrogens is 4. The molecule has 18 heteroatoms. The number of hydrogen-bond acceptors (Lipinski definition) is 15. The van der Waals surface area contributed by atoms with Crippen LogP contribution in [0.2, 0.25) is 0 Å². The molecule has 6 aliphatic heterocycles. The van der Waals surface area contributed by atoms with Crippen molar-refractivity contribution in [1.29, 1.82) is 0 Å². The number of rotatable bonds is 15. The lowest BCUT2D eigenvalue weighted by molar-refractivity contribution is -0.140. The number of likely N-dealkylation sites (tertiary alicyclic amines) is 1. The zero-order valence-electron chi connectivity index (χ0n) is 44.1. The fourth-order valence-corrected chi connectivity index (χ4v) is 13.4. The maximum Gasteiger partial charge on any atom is 0.410 e. The van der Waals surface area contributed by atoms with Crippen molar-refractivity contribution < 1.29 is 42.6 Å². The number of benzene rings is 2. The first-order valence-electron chi connectivity index (χ1n) is 26.9. The Kier molecular flexibility index (Phi) is 13.4. The first-order chi connectivity index (χ1) is 35.5. The molecule has 6 saturated heterocycles. The molecule has 2 bridgehead atoms. The monoisotopic (exact) mass is 1020 g/mol. The summed E-state index contributed by atoms with van der Waals surface area (Å²) in [4.78, 5) is 52.0. The second-order valence-corrected chi connectivity index (χ2v) is 23.4. The average molecular weight is 1020 g/mol. The van der Waals surface area contributed by atoms with Gasteiger partial charge in [0.25, 0.3) is 0 Å². The summed E-state index contributed by atoms with van der Waals surface area (Å²) < 4.78 is 47.2. The molecule has 1 spiro atoms. The second-order valence-electron chi connectivity index (χ2n) is 23.4. The molecule has 17 nitrogen and oxygen atoms in total. The number of methoxy groups -OCH3 is 1. The maximum atomic E-state index is 17.8. The number of carbonyl (C=O) groups excluding carboxylic acids is 1. The Bertz CT molecular complexity index is 2900. The standard InChI is InChI=1S/C56H72FN9O8/c1-8-35-11-9-12-36-23-40(72-33-70-7)24-41(46(35)36)48-47(57)49-42(26-58-48)50(63-28-38-13-14-39(29-63)66(38)53(69)73-54(4,5)6)60-52(59-49)71-32-56-16-10-20-65(56)37(15-17-56)27-62-21-18-55(19-22-62)30-64(31-55)44-25-43(74-61-44)45(34(2)3)51(67)68/h9,11-12,23-26,34,37-39,45H,8,10,13-22,27-33H2,1-7H3,(H,67,68)/t37-,38?,39?,45?,56-/m0/s1. The van der Waals surface area contributed by atoms with Crippen molar-refractivity contribution in [2.24, 2.45) is 11.3 Å². The second kappa shape index (κ2) is 19.7. The number of anilines is 2. The van der Waals surface area contributed by atoms with Crippen LogP contribution in [0.5, 0.6) is 11.8 Å². The van der Waals surface area contributed by atoms with Crippen molar-refractivity contribution in [2.45, 2.75) is 135 Å². The zero-order chi connectivity index (χ0) is 51.7. The lowest BCUT2D eigenvalue weighted by Gasteiger charge is -2.54. The normalized spacial score (nSPS) is 24.3. The van der Waals surface area contributed by atoms with Crippen LogP contribution in [-0.2, 0) is 20.7 Å². The van der Waals surface area contributed by atoms with Gasteiger partial charge in [0.15, 0.2) is 24.2 Å². The van der Waals surface area contributed by atoms with E-state index in [4.69, 9.17) is 38.4 Å². The van der Waals surface area contributed by atoms with E-state index in [1.165, 1.54) is 0 Å². The van der Waals surface area contributed by atoms with E-state index in [0.717, 1.165) is 119 Å². The summed E-state index contributed by atoms with van der Waals surface area (Å²) in [5.74, 6) is -0.0301. The van der Waals surface area contributed by atoms with Gasteiger partial charge in [-0.3, -0.25) is 19.6 Å². The van der Waals surface area contributed by atoms with Crippen molar-refractivity contribution in [1.82, 2.24) is 34.8 Å². The van der Waals surface area contributed by atoms with Gasteiger partial charge in [0.1, 0.15) is 40.9 Å². The summed E-state index contributed by atoms with van der Waals surface area (Å²) in [6, 6.07) is 12.0. The number of carboxylic acid groups (broad SMARTS) is 1. The van der Waals surface area contributed by atoms with Gasteiger partial charge in [0.2, 0.25) is 0 Å². The van der Waals surface area contributed by atoms with Crippen LogP contribution in [0.25, 0.3) is 32.9 Å². The molecule has 6 fully saturated rings. The Hall–Kier alpha value is -5.85. The number of hydrogen-bond donors (Lipinski definition) is 1. The number of carbonyl (C=O) groups is 2. The number of piperazine rings is 1. The third-order valence-corrected chi connectivity index (χ3v) is 17.1. The fourth-order valence-electron chi connectivity index (χ4n) is 13.4. The Balaban J connectivity index is 0.832. The van der Waals surface area contributed by atoms with Gasteiger partial charge in [-0.1, -0.05) is 44.1 Å². The molecule has 0 aliphatic carbocycles. The SMILES string of the molecule is CCc1cccc2cc(OCOC)cc(-c3ncc4c(N5CC6CCC(C5)N6C(=O)OC(C)(C)C)nc(OC[C@@]56CCCN5[C@H](CN5CCC7(CC5)CN(c5cc(C(C(=O)O)C(C)C)on5)C7)CC6)nc4c3F)c12. The predicted octanol–water partition coefficient (Wildman–Crippen LogP) is 8.91. The van der Waals surface area contributed by atoms with Crippen LogP contribution in [0.3, 0.4) is 0 Å². The summed E-state index contributed by atoms with van der Waals surface area (Å²) in [6.07, 6.45) is 10.1. The van der Waals surface area contributed by atoms with E-state index in [1.54, 1.807) is 13.3 Å². The Morgan fingerprint density at radius 2 is 1.73 bits per heavy atom. The topological polar surface area (TPSA) is 172 Å². The fraction of sp³-hybridized carbons (Fsp3) is 0.607. The van der Waals surface area contributed by atoms with Crippen LogP contribution in [0.1, 0.15) is 110 Å². The molecule has 3 unspecified atom stereocenters. The Morgan fingerprint density at radius 3 is 2.43 bits per heavy atom. The van der Waals surface area contributed by atoms with Gasteiger partial charge in [0.05, 0.1) is 23.0 Å². The van der Waals surface area contributed by atoms with Gasteiger partial charge in [-0.25, -0.2) is 9.18 Å². The van der Waals surface area contributed by atoms with Crippen LogP contribution < -0.4 is 19.3 Å². The minimum atomic E-state index is -0.892. The molecular weight excluding hydrogens is 946 g/mol. The van der Waals surface area contributed by atoms with Crippen LogP contribution in [0.4, 0.5) is 20.8 Å². The molecule has 11 rings (SSSR count). The number of carboxylic acids is 1. The van der Waals surface area contributed by atoms with Crippen molar-refractivity contribution in [3.8, 4) is 23.0 Å². The highest BCUT2D eigenvalue weighted by Crippen LogP contribution is 2.47. The molecule has 0 radical (unpaired) electrons. The lowest BCUT2D eigenvalue weighted by Crippen LogP contribution is -2.61. The Labute approximate surface area is 432 Å². The number of nitrogens with zero attached hydrogens (tertiary/aromatic N) is 9. The number of halogens is 1. The summed E-state index contributed by atoms with van der Waals surface area (Å²) >= 11 is 0. The smallest absolute Gasteiger partial charge is 0.410 e. The van der Waals surface area contributed by atoms with E-state index < -0.39 is 23.3 Å². The highest BCUT2D eigenvalue weighted by atomic mass is 19.1. The highest BCUT2D eigenvalue weighted by Gasteiger charge is 2.52. The minimum absolute atomic E-state index is 0.0385. The molecule has 74 heavy (non-hydrogen) atoms. The zero-order valence-corrected chi connectivity index (χ0v) is 44.1. The van der Waals surface area contributed by atoms with Gasteiger partial charge in [-0.15, -0.1) is 0 Å². The quantitative estimate of drug-likeness (QED) is 0.0985. The summed E-state index contributed by atoms with van der Waals surface area (Å²) in [7, 11) is 1.57. The van der Waals surface area contributed by atoms with Gasteiger partial charge in [0, 0.05) is 69.1 Å². The van der Waals surface area contributed by atoms with Crippen LogP contribution in [0, 0.1) is 17.2 Å². The van der Waals surface area contributed by atoms with E-state index in [2.05, 4.69) is 37.7 Å². The summed E-state index contributed by atoms with van der Waals surface area (Å²) in [5.41, 5.74) is 1.39. The molecule has 5 aromatic rings. The van der Waals surface area contributed by atoms with Gasteiger partial charge < -0.3 is 43.3 Å². The van der Waals surface area contributed by atoms with Gasteiger partial charge >= 0.3 is 18.1 Å². The molecule has 9 heterocycles. The van der Waals surface area contributed by atoms with Crippen LogP contribution in [0.15, 0.2) is 47.1 Å². The molecule has 396 valence electrons. The molecule has 3 aromatic heterocycles. The number of piperidine rings is 1. The largest absolute Gasteiger partial charge is 0.481 e. The predicted molar refractivity (Wildman–Crippen MR) is 278 cm³/mol. The van der Waals surface area contributed by atoms with E-state index in [0.29, 0.717) is 54.0 Å². The lowest BCUT2D eigenvalue weighted by atomic mass is 9.72. The highest BCUT2D eigenvalue weighted by molar-refractivity contribution is 6.01. The Morgan fingerprint density at radius 1 is 0.959 bits per heavy atom. The molecule has 1 N–H and O–H groups in total. The third kappa shape index (κ3) is 9.37. The van der Waals surface area contributed by atoms with Crippen LogP contribution >= 0.6 is 0 Å². The van der Waals surface area contributed by atoms with Crippen molar-refractivity contribution in [2.75, 3.05) is 82.7 Å². The first kappa shape index (κ1) is 50.3. The van der Waals surface area contributed by atoms with E-state index in [9.17, 15) is 14.7 Å². The molecule has 1 amide bonds. The third-order valence-electron chi connectivity index (χ3n) is 17.1.